The minimum absolute atomic E-state index is 0.139. The molecule has 0 saturated carbocycles. The van der Waals surface area contributed by atoms with Crippen LogP contribution in [0, 0.1) is 0 Å². The summed E-state index contributed by atoms with van der Waals surface area (Å²) < 4.78 is 15.8. The van der Waals surface area contributed by atoms with Crippen LogP contribution in [-0.2, 0) is 0 Å². The molecule has 5 nitrogen and oxygen atoms in total. The monoisotopic (exact) mass is 364 g/mol. The van der Waals surface area contributed by atoms with Crippen LogP contribution in [0.15, 0.2) is 86.4 Å². The maximum Gasteiger partial charge on any atom is 0.338 e. The van der Waals surface area contributed by atoms with E-state index in [2.05, 4.69) is 0 Å². The Morgan fingerprint density at radius 1 is 0.571 bits per heavy atom. The summed E-state index contributed by atoms with van der Waals surface area (Å²) in [5, 5.41) is 1.99. The van der Waals surface area contributed by atoms with Gasteiger partial charge in [0.05, 0.1) is 11.0 Å². The van der Waals surface area contributed by atoms with E-state index in [-0.39, 0.29) is 5.69 Å². The molecule has 5 heteroatoms. The molecular formula is C23H12N2O3. The smallest absolute Gasteiger partial charge is 0.338 e. The number of fused-ring (bicyclic) bond motifs is 4. The van der Waals surface area contributed by atoms with Crippen LogP contribution >= 0.6 is 0 Å². The largest absolute Gasteiger partial charge is 0.453 e. The molecule has 0 spiro atoms. The van der Waals surface area contributed by atoms with Crippen molar-refractivity contribution in [2.75, 3.05) is 0 Å². The summed E-state index contributed by atoms with van der Waals surface area (Å²) in [6, 6.07) is 23.1. The second-order valence-corrected chi connectivity index (χ2v) is 7.02. The van der Waals surface area contributed by atoms with Gasteiger partial charge in [-0.3, -0.25) is 8.80 Å². The van der Waals surface area contributed by atoms with Gasteiger partial charge in [0, 0.05) is 5.39 Å². The summed E-state index contributed by atoms with van der Waals surface area (Å²) in [6.07, 6.45) is 0. The average Bonchev–Trinajstić information content (AvgIpc) is 2.74. The van der Waals surface area contributed by atoms with Gasteiger partial charge < -0.3 is 8.83 Å². The molecule has 7 rings (SSSR count). The molecule has 132 valence electrons. The molecule has 3 heterocycles. The number of hydrogen-bond donors (Lipinski definition) is 0. The number of nitrogens with zero attached hydrogens (tertiary/aromatic N) is 2. The Bertz CT molecular complexity index is 1670. The van der Waals surface area contributed by atoms with Crippen LogP contribution < -0.4 is 5.69 Å². The zero-order chi connectivity index (χ0) is 18.4. The molecule has 0 aliphatic rings. The molecule has 0 amide bonds. The summed E-state index contributed by atoms with van der Waals surface area (Å²) in [7, 11) is 0. The third kappa shape index (κ3) is 1.52. The predicted octanol–water partition coefficient (Wildman–Crippen LogP) is 5.35. The Balaban J connectivity index is 2.00. The van der Waals surface area contributed by atoms with Gasteiger partial charge >= 0.3 is 5.69 Å². The van der Waals surface area contributed by atoms with Crippen molar-refractivity contribution in [3.63, 3.8) is 0 Å². The zero-order valence-corrected chi connectivity index (χ0v) is 14.5. The van der Waals surface area contributed by atoms with Crippen LogP contribution in [0.3, 0.4) is 0 Å². The second kappa shape index (κ2) is 4.64. The predicted molar refractivity (Wildman–Crippen MR) is 109 cm³/mol. The van der Waals surface area contributed by atoms with Crippen LogP contribution in [0.25, 0.3) is 55.2 Å². The fourth-order valence-corrected chi connectivity index (χ4v) is 4.38. The number of benzene rings is 4. The summed E-state index contributed by atoms with van der Waals surface area (Å²) in [6.45, 7) is 0. The molecule has 7 aromatic rings. The van der Waals surface area contributed by atoms with E-state index >= 15 is 0 Å². The van der Waals surface area contributed by atoms with E-state index in [1.54, 1.807) is 8.80 Å². The Morgan fingerprint density at radius 2 is 1.07 bits per heavy atom. The molecule has 0 unspecified atom stereocenters. The number of para-hydroxylation sites is 4. The second-order valence-electron chi connectivity index (χ2n) is 7.02. The van der Waals surface area contributed by atoms with Gasteiger partial charge in [-0.15, -0.1) is 0 Å². The number of hydrogen-bond acceptors (Lipinski definition) is 3. The minimum atomic E-state index is -0.139. The molecule has 0 N–H and O–H groups in total. The van der Waals surface area contributed by atoms with Crippen molar-refractivity contribution < 1.29 is 8.83 Å². The van der Waals surface area contributed by atoms with Crippen molar-refractivity contribution in [2.45, 2.75) is 0 Å². The lowest BCUT2D eigenvalue weighted by Crippen LogP contribution is -2.24. The van der Waals surface area contributed by atoms with Gasteiger partial charge in [0.2, 0.25) is 0 Å². The SMILES string of the molecule is O=c1n2c3ccccc3oc3ccc4ccc5oc6ccccc6n1c5c4c32. The summed E-state index contributed by atoms with van der Waals surface area (Å²) in [5.41, 5.74) is 5.58. The van der Waals surface area contributed by atoms with Crippen molar-refractivity contribution in [3.8, 4) is 0 Å². The van der Waals surface area contributed by atoms with Gasteiger partial charge in [0.15, 0.2) is 22.3 Å². The Labute approximate surface area is 156 Å². The van der Waals surface area contributed by atoms with Crippen molar-refractivity contribution >= 4 is 55.2 Å². The zero-order valence-electron chi connectivity index (χ0n) is 14.5. The van der Waals surface area contributed by atoms with Crippen LogP contribution in [0.4, 0.5) is 0 Å². The first kappa shape index (κ1) is 14.1. The first-order chi connectivity index (χ1) is 13.8. The molecule has 0 saturated heterocycles. The van der Waals surface area contributed by atoms with E-state index in [1.165, 1.54) is 0 Å². The van der Waals surface area contributed by atoms with Gasteiger partial charge in [-0.1, -0.05) is 36.4 Å². The molecule has 28 heavy (non-hydrogen) atoms. The number of aromatic nitrogens is 2. The van der Waals surface area contributed by atoms with E-state index in [1.807, 2.05) is 72.8 Å². The normalized spacial score (nSPS) is 12.4. The van der Waals surface area contributed by atoms with E-state index in [0.717, 1.165) is 32.8 Å². The van der Waals surface area contributed by atoms with Crippen LogP contribution in [0.1, 0.15) is 0 Å². The highest BCUT2D eigenvalue weighted by molar-refractivity contribution is 6.18. The van der Waals surface area contributed by atoms with E-state index in [9.17, 15) is 4.79 Å². The van der Waals surface area contributed by atoms with Gasteiger partial charge in [-0.2, -0.15) is 0 Å². The molecular weight excluding hydrogens is 352 g/mol. The summed E-state index contributed by atoms with van der Waals surface area (Å²) >= 11 is 0. The molecule has 4 aromatic carbocycles. The fraction of sp³-hybridized carbons (Fsp3) is 0. The summed E-state index contributed by atoms with van der Waals surface area (Å²) in [5.74, 6) is 0. The van der Waals surface area contributed by atoms with Crippen molar-refractivity contribution in [1.82, 2.24) is 8.80 Å². The van der Waals surface area contributed by atoms with Crippen LogP contribution in [0.5, 0.6) is 0 Å². The van der Waals surface area contributed by atoms with E-state index < -0.39 is 0 Å². The topological polar surface area (TPSA) is 52.2 Å². The molecule has 0 radical (unpaired) electrons. The Morgan fingerprint density at radius 3 is 1.61 bits per heavy atom. The Hall–Kier alpha value is -3.99. The van der Waals surface area contributed by atoms with Crippen LogP contribution in [0.2, 0.25) is 0 Å². The Kier molecular flexibility index (Phi) is 2.34. The molecule has 3 aromatic heterocycles. The highest BCUT2D eigenvalue weighted by atomic mass is 16.3. The molecule has 0 atom stereocenters. The van der Waals surface area contributed by atoms with Gasteiger partial charge in [-0.05, 0) is 41.8 Å². The molecule has 0 aliphatic heterocycles. The van der Waals surface area contributed by atoms with Gasteiger partial charge in [0.25, 0.3) is 0 Å². The molecule has 0 bridgehead atoms. The van der Waals surface area contributed by atoms with Crippen molar-refractivity contribution in [2.24, 2.45) is 0 Å². The first-order valence-corrected chi connectivity index (χ1v) is 9.09. The highest BCUT2D eigenvalue weighted by Crippen LogP contribution is 2.35. The molecule has 0 aliphatic carbocycles. The lowest BCUT2D eigenvalue weighted by molar-refractivity contribution is 0.648. The lowest BCUT2D eigenvalue weighted by Gasteiger charge is -2.17. The van der Waals surface area contributed by atoms with E-state index in [4.69, 9.17) is 8.83 Å². The first-order valence-electron chi connectivity index (χ1n) is 9.09. The van der Waals surface area contributed by atoms with Gasteiger partial charge in [0.1, 0.15) is 11.0 Å². The lowest BCUT2D eigenvalue weighted by atomic mass is 10.1. The maximum absolute atomic E-state index is 13.8. The van der Waals surface area contributed by atoms with Gasteiger partial charge in [-0.25, -0.2) is 4.79 Å². The quantitative estimate of drug-likeness (QED) is 0.269. The highest BCUT2D eigenvalue weighted by Gasteiger charge is 2.20. The third-order valence-electron chi connectivity index (χ3n) is 5.54. The average molecular weight is 364 g/mol. The standard InChI is InChI=1S/C23H12N2O3/c26-23-24-14-5-1-3-7-16(14)27-18-11-9-13-10-12-19-22(20(13)21(18)24)25(23)15-6-2-4-8-17(15)28-19/h1-12H. The minimum Gasteiger partial charge on any atom is -0.453 e. The molecule has 0 fully saturated rings. The number of rotatable bonds is 0. The fourth-order valence-electron chi connectivity index (χ4n) is 4.38. The van der Waals surface area contributed by atoms with Crippen molar-refractivity contribution in [1.29, 1.82) is 0 Å². The van der Waals surface area contributed by atoms with E-state index in [0.29, 0.717) is 22.3 Å². The summed E-state index contributed by atoms with van der Waals surface area (Å²) in [4.78, 5) is 13.8. The van der Waals surface area contributed by atoms with Crippen LogP contribution in [-0.4, -0.2) is 8.80 Å². The maximum atomic E-state index is 13.8. The third-order valence-corrected chi connectivity index (χ3v) is 5.54. The van der Waals surface area contributed by atoms with Crippen molar-refractivity contribution in [3.05, 3.63) is 83.3 Å².